The number of unbranched alkanes of at least 4 members (excludes halogenated alkanes) is 1. The molecule has 1 heterocycles. The highest BCUT2D eigenvalue weighted by molar-refractivity contribution is 4.71. The van der Waals surface area contributed by atoms with Crippen molar-refractivity contribution in [3.05, 3.63) is 0 Å². The van der Waals surface area contributed by atoms with Crippen molar-refractivity contribution >= 4 is 0 Å². The second-order valence-corrected chi connectivity index (χ2v) is 8.08. The fourth-order valence-electron chi connectivity index (χ4n) is 3.28. The van der Waals surface area contributed by atoms with Gasteiger partial charge in [-0.1, -0.05) is 34.1 Å². The number of hydrogen-bond donors (Lipinski definition) is 0. The monoisotopic (exact) mass is 312 g/mol. The van der Waals surface area contributed by atoms with Crippen LogP contribution in [-0.4, -0.2) is 62.3 Å². The van der Waals surface area contributed by atoms with E-state index in [9.17, 15) is 0 Å². The van der Waals surface area contributed by atoms with E-state index in [0.717, 1.165) is 0 Å². The van der Waals surface area contributed by atoms with Crippen LogP contribution in [0.25, 0.3) is 0 Å². The largest absolute Gasteiger partial charge is 0.381 e. The molecule has 0 radical (unpaired) electrons. The van der Waals surface area contributed by atoms with Gasteiger partial charge in [-0.3, -0.25) is 0 Å². The van der Waals surface area contributed by atoms with Crippen molar-refractivity contribution in [1.29, 1.82) is 0 Å². The number of piperazine rings is 1. The summed E-state index contributed by atoms with van der Waals surface area (Å²) in [5.74, 6) is 0. The Hall–Kier alpha value is -0.120. The number of rotatable bonds is 10. The van der Waals surface area contributed by atoms with Gasteiger partial charge in [-0.15, -0.1) is 0 Å². The third-order valence-electron chi connectivity index (χ3n) is 4.95. The molecule has 132 valence electrons. The summed E-state index contributed by atoms with van der Waals surface area (Å²) in [7, 11) is 1.88. The number of hydrogen-bond acceptors (Lipinski definition) is 3. The summed E-state index contributed by atoms with van der Waals surface area (Å²) >= 11 is 0. The molecule has 22 heavy (non-hydrogen) atoms. The van der Waals surface area contributed by atoms with Crippen LogP contribution in [-0.2, 0) is 4.74 Å². The predicted octanol–water partition coefficient (Wildman–Crippen LogP) is 4.03. The second kappa shape index (κ2) is 10.6. The van der Waals surface area contributed by atoms with Gasteiger partial charge in [0, 0.05) is 33.3 Å². The molecule has 0 amide bonds. The summed E-state index contributed by atoms with van der Waals surface area (Å²) in [4.78, 5) is 5.18. The fraction of sp³-hybridized carbons (Fsp3) is 1.00. The van der Waals surface area contributed by atoms with Crippen LogP contribution in [0.1, 0.15) is 66.2 Å². The normalized spacial score (nSPS) is 19.5. The molecular formula is C19H40N2O. The molecule has 0 aromatic heterocycles. The van der Waals surface area contributed by atoms with Gasteiger partial charge in [0.1, 0.15) is 0 Å². The van der Waals surface area contributed by atoms with Crippen LogP contribution in [0.15, 0.2) is 0 Å². The highest BCUT2D eigenvalue weighted by Crippen LogP contribution is 2.23. The van der Waals surface area contributed by atoms with Crippen LogP contribution in [0, 0.1) is 5.41 Å². The van der Waals surface area contributed by atoms with Crippen LogP contribution < -0.4 is 0 Å². The SMILES string of the molecule is CCN1CCN(CCCC[C@H](CCCC(C)(C)C)OC)CC1. The molecular weight excluding hydrogens is 272 g/mol. The standard InChI is InChI=1S/C19H40N2O/c1-6-20-14-16-21(17-15-20)13-8-7-10-18(22-5)11-9-12-19(2,3)4/h18H,6-17H2,1-5H3/t18-/m1/s1. The third kappa shape index (κ3) is 9.12. The minimum absolute atomic E-state index is 0.457. The molecule has 1 aliphatic heterocycles. The van der Waals surface area contributed by atoms with Crippen molar-refractivity contribution in [2.24, 2.45) is 5.41 Å². The Balaban J connectivity index is 2.04. The molecule has 3 heteroatoms. The summed E-state index contributed by atoms with van der Waals surface area (Å²) in [5, 5.41) is 0. The van der Waals surface area contributed by atoms with Crippen molar-refractivity contribution in [1.82, 2.24) is 9.80 Å². The molecule has 0 aromatic rings. The molecule has 0 N–H and O–H groups in total. The van der Waals surface area contributed by atoms with Gasteiger partial charge in [0.05, 0.1) is 6.10 Å². The Kier molecular flexibility index (Phi) is 9.62. The highest BCUT2D eigenvalue weighted by Gasteiger charge is 2.15. The fourth-order valence-corrected chi connectivity index (χ4v) is 3.28. The van der Waals surface area contributed by atoms with E-state index >= 15 is 0 Å². The lowest BCUT2D eigenvalue weighted by molar-refractivity contribution is 0.0788. The lowest BCUT2D eigenvalue weighted by Gasteiger charge is -2.34. The van der Waals surface area contributed by atoms with Gasteiger partial charge < -0.3 is 14.5 Å². The zero-order valence-corrected chi connectivity index (χ0v) is 15.9. The first-order chi connectivity index (χ1) is 10.4. The third-order valence-corrected chi connectivity index (χ3v) is 4.95. The Labute approximate surface area is 139 Å². The van der Waals surface area contributed by atoms with Crippen molar-refractivity contribution in [2.45, 2.75) is 72.3 Å². The van der Waals surface area contributed by atoms with Gasteiger partial charge in [-0.2, -0.15) is 0 Å². The number of ether oxygens (including phenoxy) is 1. The number of likely N-dealkylation sites (N-methyl/N-ethyl adjacent to an activating group) is 1. The Morgan fingerprint density at radius 2 is 1.50 bits per heavy atom. The van der Waals surface area contributed by atoms with E-state index in [4.69, 9.17) is 4.74 Å². The summed E-state index contributed by atoms with van der Waals surface area (Å²) < 4.78 is 5.67. The zero-order valence-electron chi connectivity index (χ0n) is 15.9. The van der Waals surface area contributed by atoms with E-state index in [1.54, 1.807) is 0 Å². The van der Waals surface area contributed by atoms with Crippen LogP contribution >= 0.6 is 0 Å². The highest BCUT2D eigenvalue weighted by atomic mass is 16.5. The average Bonchev–Trinajstić information content (AvgIpc) is 2.49. The lowest BCUT2D eigenvalue weighted by atomic mass is 9.89. The van der Waals surface area contributed by atoms with E-state index in [1.807, 2.05) is 7.11 Å². The van der Waals surface area contributed by atoms with Crippen molar-refractivity contribution in [3.63, 3.8) is 0 Å². The maximum Gasteiger partial charge on any atom is 0.0571 e. The molecule has 3 nitrogen and oxygen atoms in total. The lowest BCUT2D eigenvalue weighted by Crippen LogP contribution is -2.46. The Bertz CT molecular complexity index is 267. The summed E-state index contributed by atoms with van der Waals surface area (Å²) in [6.45, 7) is 16.7. The number of methoxy groups -OCH3 is 1. The smallest absolute Gasteiger partial charge is 0.0571 e. The molecule has 0 bridgehead atoms. The van der Waals surface area contributed by atoms with Crippen molar-refractivity contribution in [2.75, 3.05) is 46.4 Å². The van der Waals surface area contributed by atoms with E-state index in [2.05, 4.69) is 37.5 Å². The van der Waals surface area contributed by atoms with Gasteiger partial charge in [-0.05, 0) is 50.6 Å². The molecule has 0 aliphatic carbocycles. The predicted molar refractivity (Wildman–Crippen MR) is 96.5 cm³/mol. The van der Waals surface area contributed by atoms with Crippen molar-refractivity contribution < 1.29 is 4.74 Å². The Morgan fingerprint density at radius 3 is 2.05 bits per heavy atom. The van der Waals surface area contributed by atoms with Crippen molar-refractivity contribution in [3.8, 4) is 0 Å². The van der Waals surface area contributed by atoms with Crippen LogP contribution in [0.4, 0.5) is 0 Å². The molecule has 0 unspecified atom stereocenters. The molecule has 1 fully saturated rings. The summed E-state index contributed by atoms with van der Waals surface area (Å²) in [5.41, 5.74) is 0.457. The maximum atomic E-state index is 5.67. The molecule has 0 saturated carbocycles. The first-order valence-corrected chi connectivity index (χ1v) is 9.42. The minimum atomic E-state index is 0.457. The van der Waals surface area contributed by atoms with E-state index < -0.39 is 0 Å². The van der Waals surface area contributed by atoms with Gasteiger partial charge in [-0.25, -0.2) is 0 Å². The first kappa shape index (κ1) is 19.9. The quantitative estimate of drug-likeness (QED) is 0.567. The van der Waals surface area contributed by atoms with Gasteiger partial charge in [0.15, 0.2) is 0 Å². The van der Waals surface area contributed by atoms with E-state index in [1.165, 1.54) is 77.8 Å². The molecule has 1 saturated heterocycles. The molecule has 0 spiro atoms. The molecule has 1 rings (SSSR count). The maximum absolute atomic E-state index is 5.67. The van der Waals surface area contributed by atoms with Gasteiger partial charge in [0.2, 0.25) is 0 Å². The van der Waals surface area contributed by atoms with Crippen LogP contribution in [0.3, 0.4) is 0 Å². The zero-order chi connectivity index (χ0) is 16.4. The number of nitrogens with zero attached hydrogens (tertiary/aromatic N) is 2. The average molecular weight is 313 g/mol. The van der Waals surface area contributed by atoms with Crippen LogP contribution in [0.2, 0.25) is 0 Å². The second-order valence-electron chi connectivity index (χ2n) is 8.08. The summed E-state index contributed by atoms with van der Waals surface area (Å²) in [6.07, 6.45) is 8.15. The first-order valence-electron chi connectivity index (χ1n) is 9.42. The van der Waals surface area contributed by atoms with E-state index in [0.29, 0.717) is 11.5 Å². The summed E-state index contributed by atoms with van der Waals surface area (Å²) in [6, 6.07) is 0. The topological polar surface area (TPSA) is 15.7 Å². The molecule has 0 aromatic carbocycles. The van der Waals surface area contributed by atoms with E-state index in [-0.39, 0.29) is 0 Å². The minimum Gasteiger partial charge on any atom is -0.381 e. The van der Waals surface area contributed by atoms with Gasteiger partial charge in [0.25, 0.3) is 0 Å². The van der Waals surface area contributed by atoms with Crippen LogP contribution in [0.5, 0.6) is 0 Å². The molecule has 1 aliphatic rings. The van der Waals surface area contributed by atoms with Gasteiger partial charge >= 0.3 is 0 Å². The Morgan fingerprint density at radius 1 is 0.909 bits per heavy atom. The molecule has 1 atom stereocenters.